The van der Waals surface area contributed by atoms with Gasteiger partial charge in [-0.25, -0.2) is 0 Å². The maximum Gasteiger partial charge on any atom is 0.0564 e. The van der Waals surface area contributed by atoms with E-state index in [2.05, 4.69) is 80.4 Å². The summed E-state index contributed by atoms with van der Waals surface area (Å²) < 4.78 is 0. The third kappa shape index (κ3) is 1.98. The summed E-state index contributed by atoms with van der Waals surface area (Å²) in [5, 5.41) is 0. The molecule has 0 saturated heterocycles. The monoisotopic (exact) mass is 350 g/mol. The predicted molar refractivity (Wildman–Crippen MR) is 79.0 cm³/mol. The van der Waals surface area contributed by atoms with E-state index in [0.29, 0.717) is 9.65 Å². The minimum absolute atomic E-state index is 0.336. The molecule has 0 nitrogen and oxygen atoms in total. The van der Waals surface area contributed by atoms with E-state index in [1.807, 2.05) is 0 Å². The van der Waals surface area contributed by atoms with Gasteiger partial charge in [0.1, 0.15) is 0 Å². The quantitative estimate of drug-likeness (QED) is 0.575. The van der Waals surface area contributed by atoms with E-state index in [1.165, 1.54) is 22.3 Å². The van der Waals surface area contributed by atoms with Crippen LogP contribution in [0.2, 0.25) is 0 Å². The van der Waals surface area contributed by atoms with Crippen molar-refractivity contribution in [2.75, 3.05) is 0 Å². The van der Waals surface area contributed by atoms with Crippen LogP contribution < -0.4 is 0 Å². The Balaban J connectivity index is 2.20. The molecule has 0 fully saturated rings. The van der Waals surface area contributed by atoms with Gasteiger partial charge in [-0.1, -0.05) is 80.4 Å². The molecule has 0 aromatic heterocycles. The first-order valence-electron chi connectivity index (χ1n) is 5.71. The fourth-order valence-corrected chi connectivity index (χ4v) is 3.91. The lowest BCUT2D eigenvalue weighted by atomic mass is 10.0. The minimum atomic E-state index is 0.336. The van der Waals surface area contributed by atoms with Gasteiger partial charge in [-0.3, -0.25) is 0 Å². The van der Waals surface area contributed by atoms with Crippen molar-refractivity contribution in [3.05, 3.63) is 70.8 Å². The fraction of sp³-hybridized carbons (Fsp3) is 0.200. The summed E-state index contributed by atoms with van der Waals surface area (Å²) in [6.07, 6.45) is 1.02. The molecule has 2 unspecified atom stereocenters. The first kappa shape index (κ1) is 11.5. The fourth-order valence-electron chi connectivity index (χ4n) is 2.45. The summed E-state index contributed by atoms with van der Waals surface area (Å²) in [7, 11) is 0. The van der Waals surface area contributed by atoms with Crippen molar-refractivity contribution in [3.63, 3.8) is 0 Å². The summed E-state index contributed by atoms with van der Waals surface area (Å²) in [4.78, 5) is 0.671. The number of benzene rings is 2. The van der Waals surface area contributed by atoms with Crippen LogP contribution in [0.3, 0.4) is 0 Å². The largest absolute Gasteiger partial charge is 0.0823 e. The molecule has 0 heterocycles. The number of hydrogen-bond acceptors (Lipinski definition) is 0. The van der Waals surface area contributed by atoms with E-state index >= 15 is 0 Å². The second kappa shape index (κ2) is 4.58. The van der Waals surface area contributed by atoms with Gasteiger partial charge in [0.05, 0.1) is 9.65 Å². The van der Waals surface area contributed by atoms with Gasteiger partial charge in [0.2, 0.25) is 0 Å². The van der Waals surface area contributed by atoms with Gasteiger partial charge in [-0.05, 0) is 28.7 Å². The summed E-state index contributed by atoms with van der Waals surface area (Å²) >= 11 is 7.65. The van der Waals surface area contributed by atoms with E-state index in [4.69, 9.17) is 0 Å². The van der Waals surface area contributed by atoms with Gasteiger partial charge in [-0.15, -0.1) is 0 Å². The maximum atomic E-state index is 3.83. The minimum Gasteiger partial charge on any atom is -0.0823 e. The molecule has 2 aromatic carbocycles. The van der Waals surface area contributed by atoms with E-state index < -0.39 is 0 Å². The Morgan fingerprint density at radius 3 is 1.59 bits per heavy atom. The van der Waals surface area contributed by atoms with Crippen LogP contribution >= 0.6 is 31.9 Å². The van der Waals surface area contributed by atoms with Crippen molar-refractivity contribution in [3.8, 4) is 0 Å². The van der Waals surface area contributed by atoms with Crippen LogP contribution in [-0.2, 0) is 6.42 Å². The lowest BCUT2D eigenvalue weighted by Gasteiger charge is -2.17. The van der Waals surface area contributed by atoms with E-state index in [1.54, 1.807) is 0 Å². The molecule has 0 spiro atoms. The number of hydrogen-bond donors (Lipinski definition) is 0. The zero-order valence-electron chi connectivity index (χ0n) is 9.24. The van der Waals surface area contributed by atoms with E-state index in [0.717, 1.165) is 6.42 Å². The molecular weight excluding hydrogens is 340 g/mol. The van der Waals surface area contributed by atoms with Crippen LogP contribution in [0.1, 0.15) is 31.9 Å². The zero-order chi connectivity index (χ0) is 11.8. The lowest BCUT2D eigenvalue weighted by molar-refractivity contribution is 0.942. The van der Waals surface area contributed by atoms with Crippen molar-refractivity contribution < 1.29 is 0 Å². The van der Waals surface area contributed by atoms with Crippen LogP contribution in [0.25, 0.3) is 0 Å². The molecule has 0 N–H and O–H groups in total. The molecule has 0 saturated carbocycles. The Morgan fingerprint density at radius 2 is 1.12 bits per heavy atom. The predicted octanol–water partition coefficient (Wildman–Crippen LogP) is 5.16. The van der Waals surface area contributed by atoms with Crippen LogP contribution in [0.15, 0.2) is 48.5 Å². The Kier molecular flexibility index (Phi) is 3.10. The van der Waals surface area contributed by atoms with Gasteiger partial charge >= 0.3 is 0 Å². The number of alkyl halides is 2. The van der Waals surface area contributed by atoms with Crippen LogP contribution in [-0.4, -0.2) is 0 Å². The van der Waals surface area contributed by atoms with Crippen molar-refractivity contribution in [1.82, 2.24) is 0 Å². The van der Waals surface area contributed by atoms with Crippen molar-refractivity contribution in [2.24, 2.45) is 0 Å². The summed E-state index contributed by atoms with van der Waals surface area (Å²) in [6.45, 7) is 0. The van der Waals surface area contributed by atoms with Gasteiger partial charge in [0.25, 0.3) is 0 Å². The van der Waals surface area contributed by atoms with E-state index in [9.17, 15) is 0 Å². The Bertz CT molecular complexity index is 499. The van der Waals surface area contributed by atoms with Crippen LogP contribution in [0, 0.1) is 0 Å². The van der Waals surface area contributed by atoms with Crippen molar-refractivity contribution >= 4 is 31.9 Å². The first-order valence-corrected chi connectivity index (χ1v) is 7.54. The highest BCUT2D eigenvalue weighted by Crippen LogP contribution is 2.47. The third-order valence-corrected chi connectivity index (χ3v) is 6.10. The summed E-state index contributed by atoms with van der Waals surface area (Å²) in [5.41, 5.74) is 5.63. The van der Waals surface area contributed by atoms with Gasteiger partial charge in [-0.2, -0.15) is 0 Å². The zero-order valence-corrected chi connectivity index (χ0v) is 12.4. The molecule has 2 aromatic rings. The highest BCUT2D eigenvalue weighted by atomic mass is 79.9. The highest BCUT2D eigenvalue weighted by molar-refractivity contribution is 9.12. The van der Waals surface area contributed by atoms with Crippen LogP contribution in [0.4, 0.5) is 0 Å². The Labute approximate surface area is 118 Å². The standard InChI is InChI=1S/C15H12Br2/c16-14-12-7-3-1-5-10(12)9-11-6-2-4-8-13(11)15(14)17/h1-8,14-15H,9H2. The van der Waals surface area contributed by atoms with Gasteiger partial charge < -0.3 is 0 Å². The topological polar surface area (TPSA) is 0 Å². The van der Waals surface area contributed by atoms with Gasteiger partial charge in [0, 0.05) is 0 Å². The molecule has 3 rings (SSSR count). The molecule has 1 aliphatic rings. The molecule has 0 radical (unpaired) electrons. The van der Waals surface area contributed by atoms with Crippen molar-refractivity contribution in [2.45, 2.75) is 16.1 Å². The molecule has 86 valence electrons. The number of fused-ring (bicyclic) bond motifs is 2. The molecule has 2 heteroatoms. The average molecular weight is 352 g/mol. The van der Waals surface area contributed by atoms with E-state index in [-0.39, 0.29) is 0 Å². The molecule has 2 atom stereocenters. The Morgan fingerprint density at radius 1 is 0.706 bits per heavy atom. The first-order chi connectivity index (χ1) is 8.27. The average Bonchev–Trinajstić information content (AvgIpc) is 2.48. The third-order valence-electron chi connectivity index (χ3n) is 3.34. The molecule has 0 aliphatic heterocycles. The number of halogens is 2. The molecule has 0 amide bonds. The second-order valence-corrected chi connectivity index (χ2v) is 6.35. The maximum absolute atomic E-state index is 3.83. The molecule has 17 heavy (non-hydrogen) atoms. The smallest absolute Gasteiger partial charge is 0.0564 e. The molecule has 0 bridgehead atoms. The molecule has 1 aliphatic carbocycles. The highest BCUT2D eigenvalue weighted by Gasteiger charge is 2.27. The number of rotatable bonds is 0. The SMILES string of the molecule is BrC1c2ccccc2Cc2ccccc2C1Br. The summed E-state index contributed by atoms with van der Waals surface area (Å²) in [5.74, 6) is 0. The second-order valence-electron chi connectivity index (χ2n) is 4.38. The Hall–Kier alpha value is -0.600. The van der Waals surface area contributed by atoms with Crippen molar-refractivity contribution in [1.29, 1.82) is 0 Å². The summed E-state index contributed by atoms with van der Waals surface area (Å²) in [6, 6.07) is 17.4. The van der Waals surface area contributed by atoms with Gasteiger partial charge in [0.15, 0.2) is 0 Å². The normalized spacial score (nSPS) is 22.5. The van der Waals surface area contributed by atoms with Crippen LogP contribution in [0.5, 0.6) is 0 Å². The molecular formula is C15H12Br2. The lowest BCUT2D eigenvalue weighted by Crippen LogP contribution is -1.98.